The molecule has 21 heavy (non-hydrogen) atoms. The molecule has 1 saturated heterocycles. The maximum Gasteiger partial charge on any atom is 0.246 e. The summed E-state index contributed by atoms with van der Waals surface area (Å²) in [7, 11) is 0. The van der Waals surface area contributed by atoms with E-state index in [4.69, 9.17) is 4.42 Å². The fourth-order valence-corrected chi connectivity index (χ4v) is 2.35. The molecule has 1 aromatic rings. The molecule has 0 radical (unpaired) electrons. The normalized spacial score (nSPS) is 23.4. The number of aryl methyl sites for hydroxylation is 1. The number of amides is 2. The number of piperazine rings is 1. The van der Waals surface area contributed by atoms with E-state index in [0.29, 0.717) is 5.89 Å². The van der Waals surface area contributed by atoms with Crippen LogP contribution in [0.5, 0.6) is 0 Å². The van der Waals surface area contributed by atoms with E-state index in [1.807, 2.05) is 27.7 Å². The molecule has 1 fully saturated rings. The number of aromatic nitrogens is 1. The van der Waals surface area contributed by atoms with Gasteiger partial charge in [0.05, 0.1) is 12.7 Å². The molecule has 0 bridgehead atoms. The molecule has 1 N–H and O–H groups in total. The van der Waals surface area contributed by atoms with Gasteiger partial charge in [-0.1, -0.05) is 27.7 Å². The van der Waals surface area contributed by atoms with Crippen molar-refractivity contribution in [3.8, 4) is 0 Å². The second-order valence-corrected chi connectivity index (χ2v) is 6.52. The maximum absolute atomic E-state index is 12.7. The molecule has 1 aliphatic heterocycles. The first-order valence-corrected chi connectivity index (χ1v) is 7.28. The van der Waals surface area contributed by atoms with Crippen LogP contribution in [0.15, 0.2) is 10.6 Å². The van der Waals surface area contributed by atoms with Gasteiger partial charge in [-0.15, -0.1) is 0 Å². The molecule has 2 amide bonds. The zero-order valence-electron chi connectivity index (χ0n) is 13.3. The number of rotatable bonds is 3. The third kappa shape index (κ3) is 3.09. The van der Waals surface area contributed by atoms with E-state index in [-0.39, 0.29) is 23.8 Å². The van der Waals surface area contributed by atoms with E-state index in [1.165, 1.54) is 0 Å². The summed E-state index contributed by atoms with van der Waals surface area (Å²) >= 11 is 0. The third-order valence-corrected chi connectivity index (χ3v) is 3.79. The average Bonchev–Trinajstić information content (AvgIpc) is 2.85. The van der Waals surface area contributed by atoms with E-state index in [9.17, 15) is 9.59 Å². The van der Waals surface area contributed by atoms with Crippen LogP contribution in [0.2, 0.25) is 0 Å². The minimum absolute atomic E-state index is 0.0918. The fraction of sp³-hybridized carbons (Fsp3) is 0.667. The Morgan fingerprint density at radius 1 is 1.38 bits per heavy atom. The second kappa shape index (κ2) is 5.50. The summed E-state index contributed by atoms with van der Waals surface area (Å²) in [6.07, 6.45) is 2.41. The molecule has 6 nitrogen and oxygen atoms in total. The molecule has 116 valence electrons. The predicted molar refractivity (Wildman–Crippen MR) is 77.3 cm³/mol. The molecular weight excluding hydrogens is 270 g/mol. The van der Waals surface area contributed by atoms with Gasteiger partial charge in [0.1, 0.15) is 17.8 Å². The Bertz CT molecular complexity index is 545. The maximum atomic E-state index is 12.7. The number of nitrogens with one attached hydrogen (secondary N) is 1. The van der Waals surface area contributed by atoms with Gasteiger partial charge in [0, 0.05) is 6.42 Å². The van der Waals surface area contributed by atoms with Crippen LogP contribution < -0.4 is 5.32 Å². The molecule has 1 aromatic heterocycles. The zero-order chi connectivity index (χ0) is 15.8. The summed E-state index contributed by atoms with van der Waals surface area (Å²) in [5, 5.41) is 2.81. The van der Waals surface area contributed by atoms with Crippen molar-refractivity contribution in [2.45, 2.75) is 59.7 Å². The summed E-state index contributed by atoms with van der Waals surface area (Å²) in [6.45, 7) is 9.72. The van der Waals surface area contributed by atoms with Gasteiger partial charge in [-0.2, -0.15) is 0 Å². The highest BCUT2D eigenvalue weighted by Gasteiger charge is 2.43. The molecule has 0 spiro atoms. The van der Waals surface area contributed by atoms with E-state index < -0.39 is 12.1 Å². The lowest BCUT2D eigenvalue weighted by molar-refractivity contribution is -0.152. The Morgan fingerprint density at radius 2 is 2.05 bits per heavy atom. The first kappa shape index (κ1) is 15.5. The Balaban J connectivity index is 2.22. The first-order chi connectivity index (χ1) is 9.74. The van der Waals surface area contributed by atoms with Crippen molar-refractivity contribution in [3.05, 3.63) is 17.8 Å². The Labute approximate surface area is 124 Å². The van der Waals surface area contributed by atoms with E-state index in [2.05, 4.69) is 10.3 Å². The van der Waals surface area contributed by atoms with Gasteiger partial charge in [0.25, 0.3) is 0 Å². The van der Waals surface area contributed by atoms with Crippen molar-refractivity contribution in [1.82, 2.24) is 15.2 Å². The number of oxazole rings is 1. The SMILES string of the molecule is CCc1cnc(CN2C(=O)C(C(C)(C)C)NC(=O)C2C)o1. The van der Waals surface area contributed by atoms with Crippen LogP contribution in [0.25, 0.3) is 0 Å². The molecule has 2 heterocycles. The van der Waals surface area contributed by atoms with Crippen molar-refractivity contribution in [1.29, 1.82) is 0 Å². The Kier molecular flexibility index (Phi) is 4.07. The van der Waals surface area contributed by atoms with Crippen LogP contribution in [0.4, 0.5) is 0 Å². The molecule has 0 aromatic carbocycles. The molecule has 1 aliphatic rings. The highest BCUT2D eigenvalue weighted by atomic mass is 16.4. The van der Waals surface area contributed by atoms with Crippen LogP contribution in [-0.2, 0) is 22.6 Å². The van der Waals surface area contributed by atoms with Gasteiger partial charge in [0.2, 0.25) is 17.7 Å². The number of hydrogen-bond donors (Lipinski definition) is 1. The lowest BCUT2D eigenvalue weighted by Crippen LogP contribution is -2.65. The average molecular weight is 293 g/mol. The van der Waals surface area contributed by atoms with Crippen molar-refractivity contribution in [3.63, 3.8) is 0 Å². The molecule has 6 heteroatoms. The van der Waals surface area contributed by atoms with Crippen molar-refractivity contribution in [2.24, 2.45) is 5.41 Å². The summed E-state index contributed by atoms with van der Waals surface area (Å²) in [5.41, 5.74) is -0.337. The molecular formula is C15H23N3O3. The standard InChI is InChI=1S/C15H23N3O3/c1-6-10-7-16-11(21-10)8-18-9(2)13(19)17-12(14(18)20)15(3,4)5/h7,9,12H,6,8H2,1-5H3,(H,17,19). The van der Waals surface area contributed by atoms with Crippen molar-refractivity contribution >= 4 is 11.8 Å². The van der Waals surface area contributed by atoms with Gasteiger partial charge in [-0.05, 0) is 12.3 Å². The quantitative estimate of drug-likeness (QED) is 0.916. The molecule has 2 unspecified atom stereocenters. The number of nitrogens with zero attached hydrogens (tertiary/aromatic N) is 2. The Hall–Kier alpha value is -1.85. The third-order valence-electron chi connectivity index (χ3n) is 3.79. The number of hydrogen-bond acceptors (Lipinski definition) is 4. The summed E-state index contributed by atoms with van der Waals surface area (Å²) < 4.78 is 5.55. The van der Waals surface area contributed by atoms with E-state index in [1.54, 1.807) is 18.0 Å². The molecule has 0 saturated carbocycles. The summed E-state index contributed by atoms with van der Waals surface area (Å²) in [4.78, 5) is 30.5. The number of carbonyl (C=O) groups is 2. The lowest BCUT2D eigenvalue weighted by atomic mass is 9.84. The van der Waals surface area contributed by atoms with Crippen LogP contribution in [0.1, 0.15) is 46.3 Å². The predicted octanol–water partition coefficient (Wildman–Crippen LogP) is 1.50. The summed E-state index contributed by atoms with van der Waals surface area (Å²) in [5.74, 6) is 1.01. The molecule has 0 aliphatic carbocycles. The second-order valence-electron chi connectivity index (χ2n) is 6.52. The zero-order valence-corrected chi connectivity index (χ0v) is 13.3. The van der Waals surface area contributed by atoms with E-state index >= 15 is 0 Å². The van der Waals surface area contributed by atoms with E-state index in [0.717, 1.165) is 12.2 Å². The van der Waals surface area contributed by atoms with Crippen LogP contribution in [0.3, 0.4) is 0 Å². The first-order valence-electron chi connectivity index (χ1n) is 7.28. The minimum Gasteiger partial charge on any atom is -0.444 e. The largest absolute Gasteiger partial charge is 0.444 e. The molecule has 2 rings (SSSR count). The summed E-state index contributed by atoms with van der Waals surface area (Å²) in [6, 6.07) is -1.05. The number of carbonyl (C=O) groups excluding carboxylic acids is 2. The van der Waals surface area contributed by atoms with Crippen molar-refractivity contribution in [2.75, 3.05) is 0 Å². The smallest absolute Gasteiger partial charge is 0.246 e. The Morgan fingerprint density at radius 3 is 2.57 bits per heavy atom. The van der Waals surface area contributed by atoms with Gasteiger partial charge in [-0.25, -0.2) is 4.98 Å². The van der Waals surface area contributed by atoms with Crippen molar-refractivity contribution < 1.29 is 14.0 Å². The molecule has 2 atom stereocenters. The lowest BCUT2D eigenvalue weighted by Gasteiger charge is -2.41. The monoisotopic (exact) mass is 293 g/mol. The van der Waals surface area contributed by atoms with Crippen LogP contribution in [0, 0.1) is 5.41 Å². The minimum atomic E-state index is -0.526. The van der Waals surface area contributed by atoms with Gasteiger partial charge in [-0.3, -0.25) is 9.59 Å². The fourth-order valence-electron chi connectivity index (χ4n) is 2.35. The van der Waals surface area contributed by atoms with Crippen LogP contribution in [-0.4, -0.2) is 33.8 Å². The topological polar surface area (TPSA) is 75.4 Å². The van der Waals surface area contributed by atoms with Crippen LogP contribution >= 0.6 is 0 Å². The highest BCUT2D eigenvalue weighted by molar-refractivity contribution is 5.97. The highest BCUT2D eigenvalue weighted by Crippen LogP contribution is 2.26. The van der Waals surface area contributed by atoms with Gasteiger partial charge in [0.15, 0.2) is 0 Å². The van der Waals surface area contributed by atoms with Gasteiger partial charge >= 0.3 is 0 Å². The van der Waals surface area contributed by atoms with Gasteiger partial charge < -0.3 is 14.6 Å².